The fraction of sp³-hybridized carbons (Fsp3) is 0.310. The minimum Gasteiger partial charge on any atom is -0.368 e. The lowest BCUT2D eigenvalue weighted by Crippen LogP contribution is -2.56. The van der Waals surface area contributed by atoms with Gasteiger partial charge in [0.2, 0.25) is 5.91 Å². The van der Waals surface area contributed by atoms with Crippen LogP contribution >= 0.6 is 0 Å². The molecule has 1 aromatic heterocycles. The maximum atomic E-state index is 13.4. The van der Waals surface area contributed by atoms with E-state index in [1.54, 1.807) is 0 Å². The fourth-order valence-corrected chi connectivity index (χ4v) is 8.04. The van der Waals surface area contributed by atoms with Gasteiger partial charge in [0, 0.05) is 34.4 Å². The van der Waals surface area contributed by atoms with Gasteiger partial charge in [-0.1, -0.05) is 42.5 Å². The number of aryl methyl sites for hydroxylation is 1. The van der Waals surface area contributed by atoms with Crippen molar-refractivity contribution in [2.75, 3.05) is 0 Å². The first-order valence-electron chi connectivity index (χ1n) is 12.6. The molecule has 1 saturated carbocycles. The highest BCUT2D eigenvalue weighted by Crippen LogP contribution is 2.60. The number of carbonyl (C=O) groups excluding carboxylic acids is 2. The van der Waals surface area contributed by atoms with Gasteiger partial charge in [-0.3, -0.25) is 9.59 Å². The number of nitrogens with two attached hydrogens (primary N) is 2. The molecular formula is C29H26N4O2. The minimum atomic E-state index is -1.07. The molecule has 8 rings (SSSR count). The summed E-state index contributed by atoms with van der Waals surface area (Å²) in [4.78, 5) is 26.3. The van der Waals surface area contributed by atoms with Gasteiger partial charge in [-0.25, -0.2) is 0 Å². The highest BCUT2D eigenvalue weighted by atomic mass is 16.2. The third-order valence-corrected chi connectivity index (χ3v) is 9.39. The van der Waals surface area contributed by atoms with Crippen LogP contribution in [0.3, 0.4) is 0 Å². The minimum absolute atomic E-state index is 0.0104. The van der Waals surface area contributed by atoms with E-state index in [0.29, 0.717) is 13.0 Å². The van der Waals surface area contributed by atoms with Crippen LogP contribution in [-0.2, 0) is 17.8 Å². The van der Waals surface area contributed by atoms with E-state index in [9.17, 15) is 9.59 Å². The smallest absolute Gasteiger partial charge is 0.252 e. The summed E-state index contributed by atoms with van der Waals surface area (Å²) in [6, 6.07) is 17.0. The Morgan fingerprint density at radius 1 is 1.09 bits per heavy atom. The topological polar surface area (TPSA) is 103 Å². The Morgan fingerprint density at radius 2 is 1.89 bits per heavy atom. The molecule has 6 nitrogen and oxygen atoms in total. The number of nitrogens with one attached hydrogen (secondary N) is 1. The molecule has 2 aliphatic carbocycles. The van der Waals surface area contributed by atoms with Crippen LogP contribution in [-0.4, -0.2) is 21.9 Å². The third kappa shape index (κ3) is 2.20. The number of nitrogens with zero attached hydrogens (tertiary/aromatic N) is 1. The monoisotopic (exact) mass is 462 g/mol. The highest BCUT2D eigenvalue weighted by Gasteiger charge is 2.56. The Hall–Kier alpha value is -3.64. The Labute approximate surface area is 202 Å². The Morgan fingerprint density at radius 3 is 2.74 bits per heavy atom. The molecule has 0 radical (unpaired) electrons. The van der Waals surface area contributed by atoms with Crippen molar-refractivity contribution < 1.29 is 9.59 Å². The number of fused-ring (bicyclic) bond motifs is 12. The molecule has 35 heavy (non-hydrogen) atoms. The zero-order valence-corrected chi connectivity index (χ0v) is 19.3. The molecule has 3 aromatic carbocycles. The Balaban J connectivity index is 1.64. The second-order valence-corrected chi connectivity index (χ2v) is 10.8. The summed E-state index contributed by atoms with van der Waals surface area (Å²) in [7, 11) is 0. The van der Waals surface area contributed by atoms with E-state index in [1.807, 2.05) is 0 Å². The SMILES string of the molecule is NC(=O)[C@]1(N)C[C@@H]2CC1[C@H]1CCc3ccccc3-c3c4c(c5c6ccccc6n2c5c31)CNC4=O. The van der Waals surface area contributed by atoms with Gasteiger partial charge in [0.25, 0.3) is 5.91 Å². The number of hydrogen-bond donors (Lipinski definition) is 3. The van der Waals surface area contributed by atoms with Crippen molar-refractivity contribution >= 4 is 33.6 Å². The first kappa shape index (κ1) is 19.6. The molecule has 4 atom stereocenters. The molecule has 174 valence electrons. The number of hydrogen-bond acceptors (Lipinski definition) is 3. The van der Waals surface area contributed by atoms with Crippen molar-refractivity contribution in [1.29, 1.82) is 0 Å². The molecule has 4 aromatic rings. The maximum Gasteiger partial charge on any atom is 0.252 e. The number of aromatic nitrogens is 1. The average molecular weight is 463 g/mol. The molecule has 1 fully saturated rings. The standard InChI is InChI=1S/C29H26N4O2/c30-28(35)29(31)12-15-11-20(29)17-10-9-14-5-1-2-6-16(14)23-24(17)26-22(19-13-32-27(34)25(19)23)18-7-3-4-8-21(18)33(15)26/h1-8,15,17,20H,9-13,31H2,(H2,30,35)(H,32,34)/t15-,17+,20?,29-/m0/s1. The van der Waals surface area contributed by atoms with Gasteiger partial charge in [-0.15, -0.1) is 0 Å². The number of primary amides is 1. The number of benzene rings is 3. The second kappa shape index (κ2) is 6.32. The van der Waals surface area contributed by atoms with Gasteiger partial charge >= 0.3 is 0 Å². The van der Waals surface area contributed by atoms with Gasteiger partial charge in [0.15, 0.2) is 0 Å². The number of rotatable bonds is 1. The normalized spacial score (nSPS) is 27.9. The summed E-state index contributed by atoms with van der Waals surface area (Å²) in [6.07, 6.45) is 3.13. The van der Waals surface area contributed by atoms with Crippen LogP contribution in [0.4, 0.5) is 0 Å². The van der Waals surface area contributed by atoms with E-state index >= 15 is 0 Å². The summed E-state index contributed by atoms with van der Waals surface area (Å²) in [5, 5.41) is 5.48. The van der Waals surface area contributed by atoms with Crippen molar-refractivity contribution in [2.24, 2.45) is 17.4 Å². The molecule has 0 spiro atoms. The van der Waals surface area contributed by atoms with Gasteiger partial charge in [-0.05, 0) is 65.8 Å². The van der Waals surface area contributed by atoms with Crippen molar-refractivity contribution in [3.05, 3.63) is 70.8 Å². The predicted octanol–water partition coefficient (Wildman–Crippen LogP) is 3.88. The van der Waals surface area contributed by atoms with Crippen LogP contribution in [0.2, 0.25) is 0 Å². The maximum absolute atomic E-state index is 13.4. The summed E-state index contributed by atoms with van der Waals surface area (Å²) in [5.74, 6) is -0.443. The van der Waals surface area contributed by atoms with E-state index in [4.69, 9.17) is 11.5 Å². The van der Waals surface area contributed by atoms with E-state index < -0.39 is 11.4 Å². The molecule has 2 aliphatic heterocycles. The summed E-state index contributed by atoms with van der Waals surface area (Å²) >= 11 is 0. The van der Waals surface area contributed by atoms with Gasteiger partial charge in [-0.2, -0.15) is 0 Å². The summed E-state index contributed by atoms with van der Waals surface area (Å²) in [6.45, 7) is 0.537. The highest BCUT2D eigenvalue weighted by molar-refractivity contribution is 6.19. The average Bonchev–Trinajstić information content (AvgIpc) is 3.44. The second-order valence-electron chi connectivity index (χ2n) is 10.8. The van der Waals surface area contributed by atoms with Crippen molar-refractivity contribution in [2.45, 2.75) is 49.7 Å². The lowest BCUT2D eigenvalue weighted by Gasteiger charge is -2.36. The van der Waals surface area contributed by atoms with Crippen molar-refractivity contribution in [3.8, 4) is 11.1 Å². The zero-order chi connectivity index (χ0) is 23.6. The van der Waals surface area contributed by atoms with Crippen LogP contribution in [0.1, 0.15) is 58.3 Å². The molecule has 0 saturated heterocycles. The lowest BCUT2D eigenvalue weighted by atomic mass is 9.71. The van der Waals surface area contributed by atoms with Gasteiger partial charge in [0.1, 0.15) is 5.54 Å². The van der Waals surface area contributed by atoms with Crippen LogP contribution in [0, 0.1) is 5.92 Å². The molecule has 5 N–H and O–H groups in total. The summed E-state index contributed by atoms with van der Waals surface area (Å²) < 4.78 is 2.45. The molecular weight excluding hydrogens is 436 g/mol. The van der Waals surface area contributed by atoms with Crippen LogP contribution in [0.25, 0.3) is 32.9 Å². The van der Waals surface area contributed by atoms with Gasteiger partial charge < -0.3 is 21.4 Å². The molecule has 4 aliphatic rings. The van der Waals surface area contributed by atoms with E-state index in [2.05, 4.69) is 58.4 Å². The van der Waals surface area contributed by atoms with Crippen molar-refractivity contribution in [1.82, 2.24) is 9.88 Å². The van der Waals surface area contributed by atoms with Crippen LogP contribution < -0.4 is 16.8 Å². The Bertz CT molecular complexity index is 1650. The molecule has 2 amide bonds. The molecule has 2 bridgehead atoms. The number of amides is 2. The van der Waals surface area contributed by atoms with E-state index in [1.165, 1.54) is 27.4 Å². The fourth-order valence-electron chi connectivity index (χ4n) is 8.04. The predicted molar refractivity (Wildman–Crippen MR) is 135 cm³/mol. The lowest BCUT2D eigenvalue weighted by molar-refractivity contribution is -0.124. The third-order valence-electron chi connectivity index (χ3n) is 9.39. The molecule has 6 heteroatoms. The van der Waals surface area contributed by atoms with Crippen LogP contribution in [0.5, 0.6) is 0 Å². The first-order chi connectivity index (χ1) is 17.0. The van der Waals surface area contributed by atoms with Crippen LogP contribution in [0.15, 0.2) is 48.5 Å². The molecule has 1 unspecified atom stereocenters. The number of carbonyl (C=O) groups is 2. The van der Waals surface area contributed by atoms with Crippen molar-refractivity contribution in [3.63, 3.8) is 0 Å². The van der Waals surface area contributed by atoms with E-state index in [-0.39, 0.29) is 23.8 Å². The zero-order valence-electron chi connectivity index (χ0n) is 19.3. The Kier molecular flexibility index (Phi) is 3.55. The quantitative estimate of drug-likeness (QED) is 0.400. The largest absolute Gasteiger partial charge is 0.368 e. The van der Waals surface area contributed by atoms with E-state index in [0.717, 1.165) is 47.0 Å². The van der Waals surface area contributed by atoms with Gasteiger partial charge in [0.05, 0.1) is 11.1 Å². The summed E-state index contributed by atoms with van der Waals surface area (Å²) in [5.41, 5.74) is 20.8. The number of para-hydroxylation sites is 1. The first-order valence-corrected chi connectivity index (χ1v) is 12.6. The molecule has 3 heterocycles.